The van der Waals surface area contributed by atoms with Crippen molar-refractivity contribution in [2.24, 2.45) is 0 Å². The molecule has 0 saturated carbocycles. The zero-order chi connectivity index (χ0) is 31.2. The van der Waals surface area contributed by atoms with Crippen LogP contribution in [0.2, 0.25) is 0 Å². The first-order valence-corrected chi connectivity index (χ1v) is 16.2. The molecule has 0 atom stereocenters. The van der Waals surface area contributed by atoms with Crippen LogP contribution in [0.5, 0.6) is 0 Å². The maximum Gasteiger partial charge on any atom is 0.0462 e. The quantitative estimate of drug-likeness (QED) is 0.178. The number of fused-ring (bicyclic) bond motifs is 6. The summed E-state index contributed by atoms with van der Waals surface area (Å²) in [6.45, 7) is 0. The van der Waals surface area contributed by atoms with Gasteiger partial charge in [0.05, 0.1) is 0 Å². The minimum Gasteiger partial charge on any atom is -0.311 e. The van der Waals surface area contributed by atoms with Crippen LogP contribution in [0, 0.1) is 0 Å². The molecule has 1 heteroatoms. The van der Waals surface area contributed by atoms with Crippen molar-refractivity contribution in [3.8, 4) is 22.3 Å². The monoisotopic (exact) mass is 597 g/mol. The molecule has 0 radical (unpaired) electrons. The summed E-state index contributed by atoms with van der Waals surface area (Å²) in [5.74, 6) is 0. The summed E-state index contributed by atoms with van der Waals surface area (Å²) in [4.78, 5) is 2.34. The first-order valence-electron chi connectivity index (χ1n) is 16.2. The lowest BCUT2D eigenvalue weighted by atomic mass is 9.90. The van der Waals surface area contributed by atoms with E-state index in [9.17, 15) is 0 Å². The van der Waals surface area contributed by atoms with E-state index < -0.39 is 0 Å². The third-order valence-corrected chi connectivity index (χ3v) is 9.43. The van der Waals surface area contributed by atoms with E-state index in [1.807, 2.05) is 0 Å². The highest BCUT2D eigenvalue weighted by Crippen LogP contribution is 2.41. The van der Waals surface area contributed by atoms with Crippen LogP contribution in [0.1, 0.15) is 0 Å². The van der Waals surface area contributed by atoms with Gasteiger partial charge in [-0.2, -0.15) is 0 Å². The third kappa shape index (κ3) is 4.72. The number of para-hydroxylation sites is 1. The molecule has 0 aliphatic heterocycles. The summed E-state index contributed by atoms with van der Waals surface area (Å²) in [7, 11) is 0. The van der Waals surface area contributed by atoms with Crippen LogP contribution in [0.3, 0.4) is 0 Å². The Balaban J connectivity index is 1.15. The van der Waals surface area contributed by atoms with Crippen molar-refractivity contribution in [1.82, 2.24) is 0 Å². The zero-order valence-electron chi connectivity index (χ0n) is 25.8. The minimum atomic E-state index is 1.12. The van der Waals surface area contributed by atoms with Crippen molar-refractivity contribution in [2.75, 3.05) is 4.90 Å². The molecule has 0 heterocycles. The van der Waals surface area contributed by atoms with Crippen molar-refractivity contribution >= 4 is 60.2 Å². The Hall–Kier alpha value is -6.18. The van der Waals surface area contributed by atoms with Gasteiger partial charge in [0.25, 0.3) is 0 Å². The van der Waals surface area contributed by atoms with Crippen molar-refractivity contribution in [2.45, 2.75) is 0 Å². The molecule has 0 amide bonds. The molecule has 9 aromatic carbocycles. The summed E-state index contributed by atoms with van der Waals surface area (Å²) < 4.78 is 0. The number of nitrogens with zero attached hydrogens (tertiary/aromatic N) is 1. The summed E-state index contributed by atoms with van der Waals surface area (Å²) in [5, 5.41) is 10.2. The highest BCUT2D eigenvalue weighted by molar-refractivity contribution is 6.24. The van der Waals surface area contributed by atoms with E-state index >= 15 is 0 Å². The molecule has 9 aromatic rings. The molecule has 0 saturated heterocycles. The standard InChI is InChI=1S/C46H31N/c1-2-15-37(16-3-1)47(38-26-21-34(22-27-38)41-20-10-14-32-11-4-7-17-40(32)41)39-28-23-35(24-29-39)45-31-36-13-6-9-19-43(36)46-42-18-8-5-12-33(42)25-30-44(45)46/h1-31H. The van der Waals surface area contributed by atoms with Gasteiger partial charge in [0, 0.05) is 17.1 Å². The van der Waals surface area contributed by atoms with Gasteiger partial charge in [0.1, 0.15) is 0 Å². The van der Waals surface area contributed by atoms with Gasteiger partial charge in [-0.15, -0.1) is 0 Å². The molecule has 9 rings (SSSR count). The predicted molar refractivity (Wildman–Crippen MR) is 202 cm³/mol. The molecule has 220 valence electrons. The molecular formula is C46H31N. The summed E-state index contributed by atoms with van der Waals surface area (Å²) in [6, 6.07) is 68.1. The number of anilines is 3. The Morgan fingerprint density at radius 3 is 1.45 bits per heavy atom. The molecule has 0 aromatic heterocycles. The lowest BCUT2D eigenvalue weighted by Gasteiger charge is -2.26. The lowest BCUT2D eigenvalue weighted by molar-refractivity contribution is 1.28. The first-order chi connectivity index (χ1) is 23.3. The maximum atomic E-state index is 2.35. The topological polar surface area (TPSA) is 3.24 Å². The third-order valence-electron chi connectivity index (χ3n) is 9.43. The highest BCUT2D eigenvalue weighted by atomic mass is 15.1. The second kappa shape index (κ2) is 11.3. The van der Waals surface area contributed by atoms with Crippen molar-refractivity contribution in [3.05, 3.63) is 188 Å². The van der Waals surface area contributed by atoms with Crippen LogP contribution in [0.25, 0.3) is 65.3 Å². The Morgan fingerprint density at radius 2 is 0.766 bits per heavy atom. The molecular weight excluding hydrogens is 567 g/mol. The van der Waals surface area contributed by atoms with Crippen LogP contribution in [-0.2, 0) is 0 Å². The molecule has 0 aliphatic carbocycles. The molecule has 0 fully saturated rings. The summed E-state index contributed by atoms with van der Waals surface area (Å²) in [5.41, 5.74) is 8.29. The van der Waals surface area contributed by atoms with Gasteiger partial charge >= 0.3 is 0 Å². The van der Waals surface area contributed by atoms with E-state index in [1.54, 1.807) is 0 Å². The second-order valence-corrected chi connectivity index (χ2v) is 12.1. The predicted octanol–water partition coefficient (Wildman–Crippen LogP) is 13.1. The van der Waals surface area contributed by atoms with Crippen molar-refractivity contribution < 1.29 is 0 Å². The minimum absolute atomic E-state index is 1.12. The Kier molecular flexibility index (Phi) is 6.54. The van der Waals surface area contributed by atoms with E-state index in [4.69, 9.17) is 0 Å². The van der Waals surface area contributed by atoms with Gasteiger partial charge in [-0.3, -0.25) is 0 Å². The van der Waals surface area contributed by atoms with Crippen molar-refractivity contribution in [3.63, 3.8) is 0 Å². The molecule has 1 nitrogen and oxygen atoms in total. The highest BCUT2D eigenvalue weighted by Gasteiger charge is 2.15. The Morgan fingerprint density at radius 1 is 0.277 bits per heavy atom. The van der Waals surface area contributed by atoms with Crippen LogP contribution in [0.4, 0.5) is 17.1 Å². The van der Waals surface area contributed by atoms with Gasteiger partial charge in [-0.1, -0.05) is 146 Å². The van der Waals surface area contributed by atoms with Crippen molar-refractivity contribution in [1.29, 1.82) is 0 Å². The normalized spacial score (nSPS) is 11.4. The molecule has 0 bridgehead atoms. The van der Waals surface area contributed by atoms with Gasteiger partial charge < -0.3 is 4.90 Å². The zero-order valence-corrected chi connectivity index (χ0v) is 25.8. The van der Waals surface area contributed by atoms with Crippen LogP contribution in [-0.4, -0.2) is 0 Å². The largest absolute Gasteiger partial charge is 0.311 e. The molecule has 0 spiro atoms. The second-order valence-electron chi connectivity index (χ2n) is 12.1. The van der Waals surface area contributed by atoms with E-state index in [2.05, 4.69) is 193 Å². The molecule has 0 unspecified atom stereocenters. The van der Waals surface area contributed by atoms with Gasteiger partial charge in [-0.25, -0.2) is 0 Å². The van der Waals surface area contributed by atoms with Gasteiger partial charge in [0.2, 0.25) is 0 Å². The maximum absolute atomic E-state index is 2.35. The van der Waals surface area contributed by atoms with Gasteiger partial charge in [-0.05, 0) is 108 Å². The SMILES string of the molecule is c1ccc(N(c2ccc(-c3cccc4ccccc34)cc2)c2ccc(-c3cc4ccccc4c4c3ccc3ccccc34)cc2)cc1. The average molecular weight is 598 g/mol. The number of rotatable bonds is 5. The average Bonchev–Trinajstić information content (AvgIpc) is 3.15. The first kappa shape index (κ1) is 27.2. The summed E-state index contributed by atoms with van der Waals surface area (Å²) in [6.07, 6.45) is 0. The molecule has 47 heavy (non-hydrogen) atoms. The fraction of sp³-hybridized carbons (Fsp3) is 0. The molecule has 0 aliphatic rings. The number of benzene rings is 9. The van der Waals surface area contributed by atoms with Crippen LogP contribution < -0.4 is 4.90 Å². The van der Waals surface area contributed by atoms with Crippen LogP contribution >= 0.6 is 0 Å². The fourth-order valence-corrected chi connectivity index (χ4v) is 7.19. The van der Waals surface area contributed by atoms with E-state index in [-0.39, 0.29) is 0 Å². The smallest absolute Gasteiger partial charge is 0.0462 e. The fourth-order valence-electron chi connectivity index (χ4n) is 7.19. The lowest BCUT2D eigenvalue weighted by Crippen LogP contribution is -2.09. The Bertz CT molecular complexity index is 2530. The van der Waals surface area contributed by atoms with E-state index in [0.717, 1.165) is 17.1 Å². The summed E-state index contributed by atoms with van der Waals surface area (Å²) >= 11 is 0. The van der Waals surface area contributed by atoms with Crippen LogP contribution in [0.15, 0.2) is 188 Å². The number of hydrogen-bond donors (Lipinski definition) is 0. The van der Waals surface area contributed by atoms with E-state index in [1.165, 1.54) is 65.3 Å². The number of hydrogen-bond acceptors (Lipinski definition) is 1. The molecule has 0 N–H and O–H groups in total. The Labute approximate surface area is 274 Å². The van der Waals surface area contributed by atoms with Gasteiger partial charge in [0.15, 0.2) is 0 Å². The van der Waals surface area contributed by atoms with E-state index in [0.29, 0.717) is 0 Å².